The molecule has 0 unspecified atom stereocenters. The van der Waals surface area contributed by atoms with E-state index in [1.165, 1.54) is 0 Å². The molecule has 0 spiro atoms. The summed E-state index contributed by atoms with van der Waals surface area (Å²) in [4.78, 5) is 10.6. The van der Waals surface area contributed by atoms with E-state index >= 15 is 0 Å². The van der Waals surface area contributed by atoms with E-state index in [-0.39, 0.29) is 18.0 Å². The van der Waals surface area contributed by atoms with E-state index in [4.69, 9.17) is 4.74 Å². The van der Waals surface area contributed by atoms with Crippen LogP contribution in [-0.2, 0) is 9.53 Å². The number of alkyl halides is 1. The van der Waals surface area contributed by atoms with Crippen LogP contribution in [0.3, 0.4) is 0 Å². The molecule has 0 aliphatic carbocycles. The van der Waals surface area contributed by atoms with Gasteiger partial charge in [-0.25, -0.2) is 0 Å². The second kappa shape index (κ2) is 3.49. The topological polar surface area (TPSA) is 29.6 Å². The first-order chi connectivity index (χ1) is 4.75. The summed E-state index contributed by atoms with van der Waals surface area (Å²) in [6, 6.07) is 0. The van der Waals surface area contributed by atoms with Crippen molar-refractivity contribution in [1.29, 1.82) is 0 Å². The third-order valence-corrected chi connectivity index (χ3v) is 2.17. The molecule has 2 nitrogen and oxygen atoms in total. The molecule has 0 aromatic carbocycles. The first-order valence-electron chi connectivity index (χ1n) is 3.47. The molecule has 0 bridgehead atoms. The van der Waals surface area contributed by atoms with Gasteiger partial charge in [0.15, 0.2) is 5.78 Å². The molecular weight excluding hydrogens is 196 g/mol. The van der Waals surface area contributed by atoms with E-state index in [9.17, 15) is 4.79 Å². The van der Waals surface area contributed by atoms with E-state index in [2.05, 4.69) is 15.9 Å². The minimum absolute atomic E-state index is 0.0703. The first-order valence-corrected chi connectivity index (χ1v) is 4.59. The summed E-state index contributed by atoms with van der Waals surface area (Å²) < 4.78 is 5.11. The molecule has 58 valence electrons. The summed E-state index contributed by atoms with van der Waals surface area (Å²) in [5.41, 5.74) is 0. The molecule has 0 amide bonds. The zero-order valence-electron chi connectivity index (χ0n) is 5.97. The molecular formula is C7H11BrO2. The van der Waals surface area contributed by atoms with Crippen molar-refractivity contribution in [3.63, 3.8) is 0 Å². The Balaban J connectivity index is 2.08. The van der Waals surface area contributed by atoms with Crippen molar-refractivity contribution < 1.29 is 9.53 Å². The summed E-state index contributed by atoms with van der Waals surface area (Å²) in [7, 11) is 0. The van der Waals surface area contributed by atoms with E-state index < -0.39 is 0 Å². The van der Waals surface area contributed by atoms with Gasteiger partial charge in [0.2, 0.25) is 0 Å². The third-order valence-electron chi connectivity index (χ3n) is 1.61. The number of Topliss-reactive ketones (excluding diaryl/α,β-unsaturated/α-hetero) is 1. The molecule has 10 heavy (non-hydrogen) atoms. The van der Waals surface area contributed by atoms with Crippen molar-refractivity contribution in [1.82, 2.24) is 0 Å². The summed E-state index contributed by atoms with van der Waals surface area (Å²) in [5.74, 6) is 0.166. The molecule has 0 radical (unpaired) electrons. The van der Waals surface area contributed by atoms with Crippen LogP contribution in [0.1, 0.15) is 19.8 Å². The van der Waals surface area contributed by atoms with E-state index in [0.29, 0.717) is 0 Å². The summed E-state index contributed by atoms with van der Waals surface area (Å²) in [6.45, 7) is 1.58. The molecule has 1 saturated heterocycles. The Hall–Kier alpha value is 0.110. The van der Waals surface area contributed by atoms with Crippen molar-refractivity contribution in [2.24, 2.45) is 0 Å². The molecule has 1 rings (SSSR count). The lowest BCUT2D eigenvalue weighted by molar-refractivity contribution is -0.118. The van der Waals surface area contributed by atoms with Gasteiger partial charge in [-0.2, -0.15) is 0 Å². The summed E-state index contributed by atoms with van der Waals surface area (Å²) in [6.07, 6.45) is 2.26. The van der Waals surface area contributed by atoms with Gasteiger partial charge in [-0.1, -0.05) is 15.9 Å². The van der Waals surface area contributed by atoms with Crippen LogP contribution in [0.4, 0.5) is 0 Å². The first kappa shape index (κ1) is 8.21. The standard InChI is InChI=1S/C7H11BrO2/c1-5(9)7-6(10-7)3-2-4-8/h6-7H,2-4H2,1H3/t6-,7-/m1/s1. The predicted molar refractivity (Wildman–Crippen MR) is 42.4 cm³/mol. The quantitative estimate of drug-likeness (QED) is 0.516. The van der Waals surface area contributed by atoms with Crippen molar-refractivity contribution in [2.45, 2.75) is 32.0 Å². The monoisotopic (exact) mass is 206 g/mol. The maximum absolute atomic E-state index is 10.6. The molecule has 0 aromatic heterocycles. The van der Waals surface area contributed by atoms with Crippen LogP contribution in [0.15, 0.2) is 0 Å². The Kier molecular flexibility index (Phi) is 2.86. The highest BCUT2D eigenvalue weighted by Crippen LogP contribution is 2.27. The van der Waals surface area contributed by atoms with Gasteiger partial charge in [-0.15, -0.1) is 0 Å². The van der Waals surface area contributed by atoms with Crippen LogP contribution in [-0.4, -0.2) is 23.3 Å². The average molecular weight is 207 g/mol. The fraction of sp³-hybridized carbons (Fsp3) is 0.857. The number of rotatable bonds is 4. The van der Waals surface area contributed by atoms with E-state index in [0.717, 1.165) is 18.2 Å². The van der Waals surface area contributed by atoms with Gasteiger partial charge in [-0.05, 0) is 19.8 Å². The van der Waals surface area contributed by atoms with Crippen molar-refractivity contribution in [3.05, 3.63) is 0 Å². The third kappa shape index (κ3) is 2.06. The number of epoxide rings is 1. The van der Waals surface area contributed by atoms with Crippen molar-refractivity contribution in [2.75, 3.05) is 5.33 Å². The highest BCUT2D eigenvalue weighted by Gasteiger charge is 2.41. The maximum atomic E-state index is 10.6. The number of ether oxygens (including phenoxy) is 1. The lowest BCUT2D eigenvalue weighted by Crippen LogP contribution is -2.04. The number of halogens is 1. The fourth-order valence-corrected chi connectivity index (χ4v) is 1.32. The Morgan fingerprint density at radius 1 is 1.70 bits per heavy atom. The predicted octanol–water partition coefficient (Wildman–Crippen LogP) is 1.52. The summed E-state index contributed by atoms with van der Waals surface area (Å²) in [5, 5.41) is 0.998. The van der Waals surface area contributed by atoms with E-state index in [1.807, 2.05) is 0 Å². The number of hydrogen-bond acceptors (Lipinski definition) is 2. The van der Waals surface area contributed by atoms with Gasteiger partial charge < -0.3 is 4.74 Å². The highest BCUT2D eigenvalue weighted by molar-refractivity contribution is 9.09. The van der Waals surface area contributed by atoms with E-state index in [1.54, 1.807) is 6.92 Å². The molecule has 1 fully saturated rings. The normalized spacial score (nSPS) is 30.2. The molecule has 3 heteroatoms. The minimum atomic E-state index is -0.0703. The molecule has 0 aromatic rings. The van der Waals surface area contributed by atoms with Gasteiger partial charge in [0.05, 0.1) is 6.10 Å². The van der Waals surface area contributed by atoms with Gasteiger partial charge >= 0.3 is 0 Å². The number of hydrogen-bond donors (Lipinski definition) is 0. The minimum Gasteiger partial charge on any atom is -0.361 e. The smallest absolute Gasteiger partial charge is 0.161 e. The Labute approximate surface area is 69.1 Å². The number of ketones is 1. The zero-order valence-corrected chi connectivity index (χ0v) is 7.56. The molecule has 1 aliphatic heterocycles. The number of carbonyl (C=O) groups is 1. The highest BCUT2D eigenvalue weighted by atomic mass is 79.9. The van der Waals surface area contributed by atoms with Gasteiger partial charge in [0.25, 0.3) is 0 Å². The lowest BCUT2D eigenvalue weighted by Gasteiger charge is -1.87. The van der Waals surface area contributed by atoms with Gasteiger partial charge in [-0.3, -0.25) is 4.79 Å². The number of carbonyl (C=O) groups excluding carboxylic acids is 1. The van der Waals surface area contributed by atoms with Crippen LogP contribution in [0.2, 0.25) is 0 Å². The van der Waals surface area contributed by atoms with Gasteiger partial charge in [0.1, 0.15) is 6.10 Å². The largest absolute Gasteiger partial charge is 0.361 e. The second-order valence-electron chi connectivity index (χ2n) is 2.54. The average Bonchev–Trinajstić information content (AvgIpc) is 2.62. The Morgan fingerprint density at radius 3 is 2.80 bits per heavy atom. The maximum Gasteiger partial charge on any atom is 0.161 e. The summed E-state index contributed by atoms with van der Waals surface area (Å²) >= 11 is 3.32. The van der Waals surface area contributed by atoms with Gasteiger partial charge in [0, 0.05) is 5.33 Å². The zero-order chi connectivity index (χ0) is 7.56. The van der Waals surface area contributed by atoms with Crippen LogP contribution < -0.4 is 0 Å². The van der Waals surface area contributed by atoms with Crippen molar-refractivity contribution >= 4 is 21.7 Å². The Bertz CT molecular complexity index is 136. The molecule has 0 N–H and O–H groups in total. The van der Waals surface area contributed by atoms with Crippen LogP contribution in [0, 0.1) is 0 Å². The van der Waals surface area contributed by atoms with Crippen molar-refractivity contribution in [3.8, 4) is 0 Å². The van der Waals surface area contributed by atoms with Crippen LogP contribution in [0.5, 0.6) is 0 Å². The Morgan fingerprint density at radius 2 is 2.40 bits per heavy atom. The molecule has 1 aliphatic rings. The lowest BCUT2D eigenvalue weighted by atomic mass is 10.2. The molecule has 0 saturated carbocycles. The van der Waals surface area contributed by atoms with Crippen LogP contribution in [0.25, 0.3) is 0 Å². The molecule has 2 atom stereocenters. The second-order valence-corrected chi connectivity index (χ2v) is 3.33. The fourth-order valence-electron chi connectivity index (χ4n) is 0.998. The SMILES string of the molecule is CC(=O)[C@H]1O[C@@H]1CCCBr. The molecule has 1 heterocycles. The van der Waals surface area contributed by atoms with Crippen LogP contribution >= 0.6 is 15.9 Å².